The number of para-hydroxylation sites is 1. The number of fused-ring (bicyclic) bond motifs is 1. The van der Waals surface area contributed by atoms with Gasteiger partial charge in [-0.3, -0.25) is 19.3 Å². The van der Waals surface area contributed by atoms with Crippen LogP contribution in [0.15, 0.2) is 24.3 Å². The molecule has 0 saturated heterocycles. The van der Waals surface area contributed by atoms with Crippen LogP contribution in [0, 0.1) is 0 Å². The molecule has 0 unspecified atom stereocenters. The maximum absolute atomic E-state index is 12.9. The lowest BCUT2D eigenvalue weighted by Gasteiger charge is -2.30. The molecule has 0 aliphatic carbocycles. The average molecular weight is 374 g/mol. The fourth-order valence-corrected chi connectivity index (χ4v) is 3.41. The second kappa shape index (κ2) is 10.1. The highest BCUT2D eigenvalue weighted by Gasteiger charge is 2.31. The number of hydrogen-bond donors (Lipinski definition) is 2. The third kappa shape index (κ3) is 5.53. The van der Waals surface area contributed by atoms with Gasteiger partial charge >= 0.3 is 0 Å². The van der Waals surface area contributed by atoms with E-state index in [4.69, 9.17) is 5.73 Å². The van der Waals surface area contributed by atoms with Gasteiger partial charge in [0.25, 0.3) is 0 Å². The lowest BCUT2D eigenvalue weighted by atomic mass is 10.1. The summed E-state index contributed by atoms with van der Waals surface area (Å²) in [6.45, 7) is 5.71. The van der Waals surface area contributed by atoms with E-state index in [9.17, 15) is 14.4 Å². The van der Waals surface area contributed by atoms with E-state index in [0.29, 0.717) is 19.6 Å². The van der Waals surface area contributed by atoms with E-state index in [1.165, 1.54) is 0 Å². The van der Waals surface area contributed by atoms with Gasteiger partial charge in [-0.2, -0.15) is 0 Å². The molecule has 0 saturated carbocycles. The van der Waals surface area contributed by atoms with Crippen LogP contribution in [0.25, 0.3) is 0 Å². The minimum Gasteiger partial charge on any atom is -0.368 e. The third-order valence-corrected chi connectivity index (χ3v) is 4.76. The predicted octanol–water partition coefficient (Wildman–Crippen LogP) is 1.06. The third-order valence-electron chi connectivity index (χ3n) is 4.76. The fourth-order valence-electron chi connectivity index (χ4n) is 3.41. The molecular weight excluding hydrogens is 344 g/mol. The second-order valence-electron chi connectivity index (χ2n) is 6.87. The van der Waals surface area contributed by atoms with E-state index in [0.717, 1.165) is 30.5 Å². The summed E-state index contributed by atoms with van der Waals surface area (Å²) in [6.07, 6.45) is 2.37. The summed E-state index contributed by atoms with van der Waals surface area (Å²) in [5, 5.41) is 2.77. The van der Waals surface area contributed by atoms with Crippen molar-refractivity contribution in [3.8, 4) is 0 Å². The molecule has 1 atom stereocenters. The highest BCUT2D eigenvalue weighted by molar-refractivity contribution is 5.97. The topological polar surface area (TPSA) is 95.7 Å². The number of anilines is 1. The Bertz CT molecular complexity index is 677. The normalized spacial score (nSPS) is 14.1. The molecule has 2 rings (SSSR count). The smallest absolute Gasteiger partial charge is 0.241 e. The summed E-state index contributed by atoms with van der Waals surface area (Å²) < 4.78 is 0. The SMILES string of the molecule is CCCNC(=O)C[C@@H](C(N)=O)N(CCC)CC(=O)N1CCc2ccccc21. The number of rotatable bonds is 10. The van der Waals surface area contributed by atoms with Gasteiger partial charge in [0, 0.05) is 18.8 Å². The first-order chi connectivity index (χ1) is 13.0. The van der Waals surface area contributed by atoms with Crippen LogP contribution in [0.2, 0.25) is 0 Å². The summed E-state index contributed by atoms with van der Waals surface area (Å²) in [5.41, 5.74) is 7.64. The lowest BCUT2D eigenvalue weighted by Crippen LogP contribution is -2.51. The minimum absolute atomic E-state index is 0.0286. The quantitative estimate of drug-likeness (QED) is 0.640. The molecule has 1 aliphatic heterocycles. The van der Waals surface area contributed by atoms with Crippen LogP contribution in [0.4, 0.5) is 5.69 Å². The second-order valence-corrected chi connectivity index (χ2v) is 6.87. The van der Waals surface area contributed by atoms with E-state index in [1.54, 1.807) is 9.80 Å². The first-order valence-corrected chi connectivity index (χ1v) is 9.66. The van der Waals surface area contributed by atoms with Crippen LogP contribution < -0.4 is 16.0 Å². The van der Waals surface area contributed by atoms with Crippen molar-refractivity contribution in [3.05, 3.63) is 29.8 Å². The molecule has 7 nitrogen and oxygen atoms in total. The molecule has 1 aromatic carbocycles. The molecule has 1 heterocycles. The van der Waals surface area contributed by atoms with Gasteiger partial charge in [0.1, 0.15) is 0 Å². The molecule has 1 aliphatic rings. The number of carbonyl (C=O) groups is 3. The number of primary amides is 1. The van der Waals surface area contributed by atoms with Crippen LogP contribution in [0.3, 0.4) is 0 Å². The molecule has 7 heteroatoms. The molecule has 0 aromatic heterocycles. The molecule has 3 N–H and O–H groups in total. The zero-order valence-electron chi connectivity index (χ0n) is 16.2. The van der Waals surface area contributed by atoms with Crippen molar-refractivity contribution in [2.45, 2.75) is 45.6 Å². The Balaban J connectivity index is 2.09. The number of carbonyl (C=O) groups excluding carboxylic acids is 3. The Labute approximate surface area is 160 Å². The molecule has 1 aromatic rings. The number of benzene rings is 1. The molecular formula is C20H30N4O3. The lowest BCUT2D eigenvalue weighted by molar-refractivity contribution is -0.131. The molecule has 0 bridgehead atoms. The summed E-state index contributed by atoms with van der Waals surface area (Å²) in [6, 6.07) is 7.06. The first kappa shape index (κ1) is 20.9. The van der Waals surface area contributed by atoms with Crippen molar-refractivity contribution in [3.63, 3.8) is 0 Å². The Morgan fingerprint density at radius 3 is 2.63 bits per heavy atom. The molecule has 0 fully saturated rings. The summed E-state index contributed by atoms with van der Waals surface area (Å²) in [5.74, 6) is -0.876. The minimum atomic E-state index is -0.788. The summed E-state index contributed by atoms with van der Waals surface area (Å²) in [7, 11) is 0. The average Bonchev–Trinajstić information content (AvgIpc) is 3.08. The van der Waals surface area contributed by atoms with Gasteiger partial charge < -0.3 is 16.0 Å². The maximum atomic E-state index is 12.9. The molecule has 148 valence electrons. The van der Waals surface area contributed by atoms with Crippen molar-refractivity contribution < 1.29 is 14.4 Å². The first-order valence-electron chi connectivity index (χ1n) is 9.66. The Hall–Kier alpha value is -2.41. The van der Waals surface area contributed by atoms with E-state index in [1.807, 2.05) is 38.1 Å². The zero-order valence-corrected chi connectivity index (χ0v) is 16.2. The van der Waals surface area contributed by atoms with Gasteiger partial charge in [0.15, 0.2) is 0 Å². The van der Waals surface area contributed by atoms with Crippen molar-refractivity contribution in [2.75, 3.05) is 31.1 Å². The number of nitrogens with one attached hydrogen (secondary N) is 1. The maximum Gasteiger partial charge on any atom is 0.241 e. The van der Waals surface area contributed by atoms with Crippen LogP contribution >= 0.6 is 0 Å². The highest BCUT2D eigenvalue weighted by Crippen LogP contribution is 2.27. The number of nitrogens with zero attached hydrogens (tertiary/aromatic N) is 2. The number of nitrogens with two attached hydrogens (primary N) is 1. The highest BCUT2D eigenvalue weighted by atomic mass is 16.2. The van der Waals surface area contributed by atoms with Crippen LogP contribution in [-0.4, -0.2) is 54.8 Å². The van der Waals surface area contributed by atoms with Crippen LogP contribution in [0.1, 0.15) is 38.7 Å². The molecule has 27 heavy (non-hydrogen) atoms. The van der Waals surface area contributed by atoms with Gasteiger partial charge in [-0.1, -0.05) is 32.0 Å². The molecule has 0 spiro atoms. The monoisotopic (exact) mass is 374 g/mol. The van der Waals surface area contributed by atoms with E-state index >= 15 is 0 Å². The Kier molecular flexibility index (Phi) is 7.79. The Morgan fingerprint density at radius 2 is 1.96 bits per heavy atom. The standard InChI is InChI=1S/C20H30N4O3/c1-3-10-22-18(25)13-17(20(21)27)23(11-4-2)14-19(26)24-12-9-15-7-5-6-8-16(15)24/h5-8,17H,3-4,9-14H2,1-2H3,(H2,21,27)(H,22,25)/t17-/m0/s1. The summed E-state index contributed by atoms with van der Waals surface area (Å²) >= 11 is 0. The predicted molar refractivity (Wildman–Crippen MR) is 105 cm³/mol. The van der Waals surface area contributed by atoms with Crippen LogP contribution in [0.5, 0.6) is 0 Å². The van der Waals surface area contributed by atoms with Crippen molar-refractivity contribution >= 4 is 23.4 Å². The van der Waals surface area contributed by atoms with Gasteiger partial charge in [-0.25, -0.2) is 0 Å². The zero-order chi connectivity index (χ0) is 19.8. The van der Waals surface area contributed by atoms with Gasteiger partial charge in [0.05, 0.1) is 19.0 Å². The van der Waals surface area contributed by atoms with Gasteiger partial charge in [-0.05, 0) is 37.4 Å². The van der Waals surface area contributed by atoms with Gasteiger partial charge in [-0.15, -0.1) is 0 Å². The van der Waals surface area contributed by atoms with Gasteiger partial charge in [0.2, 0.25) is 17.7 Å². The summed E-state index contributed by atoms with van der Waals surface area (Å²) in [4.78, 5) is 40.5. The van der Waals surface area contributed by atoms with E-state index in [-0.39, 0.29) is 24.8 Å². The fraction of sp³-hybridized carbons (Fsp3) is 0.550. The van der Waals surface area contributed by atoms with Crippen molar-refractivity contribution in [2.24, 2.45) is 5.73 Å². The van der Waals surface area contributed by atoms with E-state index in [2.05, 4.69) is 5.32 Å². The largest absolute Gasteiger partial charge is 0.368 e. The molecule has 0 radical (unpaired) electrons. The number of amides is 3. The number of hydrogen-bond acceptors (Lipinski definition) is 4. The van der Waals surface area contributed by atoms with Crippen molar-refractivity contribution in [1.29, 1.82) is 0 Å². The van der Waals surface area contributed by atoms with E-state index < -0.39 is 11.9 Å². The molecule has 3 amide bonds. The Morgan fingerprint density at radius 1 is 1.22 bits per heavy atom. The van der Waals surface area contributed by atoms with Crippen LogP contribution in [-0.2, 0) is 20.8 Å². The van der Waals surface area contributed by atoms with Crippen molar-refractivity contribution in [1.82, 2.24) is 10.2 Å².